The molecular weight excluding hydrogens is 1630 g/mol. The van der Waals surface area contributed by atoms with Crippen LogP contribution in [0.1, 0.15) is 190 Å². The molecule has 2 saturated carbocycles. The molecule has 11 rings (SSSR count). The summed E-state index contributed by atoms with van der Waals surface area (Å²) in [6.45, 7) is 3.47. The van der Waals surface area contributed by atoms with E-state index < -0.39 is 167 Å². The van der Waals surface area contributed by atoms with Crippen molar-refractivity contribution in [2.24, 2.45) is 23.3 Å². The summed E-state index contributed by atoms with van der Waals surface area (Å²) in [6.07, 6.45) is 15.6. The van der Waals surface area contributed by atoms with Crippen LogP contribution in [0.3, 0.4) is 0 Å². The second kappa shape index (κ2) is 49.4. The summed E-state index contributed by atoms with van der Waals surface area (Å²) in [5, 5.41) is 40.2. The smallest absolute Gasteiger partial charge is 0.312 e. The highest BCUT2D eigenvalue weighted by Gasteiger charge is 2.44. The van der Waals surface area contributed by atoms with Gasteiger partial charge in [0.2, 0.25) is 82.7 Å². The molecule has 6 fully saturated rings. The summed E-state index contributed by atoms with van der Waals surface area (Å²) < 4.78 is 0. The van der Waals surface area contributed by atoms with Gasteiger partial charge in [0.15, 0.2) is 0 Å². The Hall–Kier alpha value is -12.5. The number of carbonyl (C=O) groups excluding carboxylic acids is 16. The Bertz CT molecular complexity index is 4580. The number of para-hydroxylation sites is 1. The van der Waals surface area contributed by atoms with E-state index in [-0.39, 0.29) is 128 Å². The molecule has 0 unspecified atom stereocenters. The van der Waals surface area contributed by atoms with Crippen LogP contribution >= 0.6 is 0 Å². The highest BCUT2D eigenvalue weighted by Crippen LogP contribution is 2.31. The van der Waals surface area contributed by atoms with E-state index in [4.69, 9.17) is 11.5 Å². The van der Waals surface area contributed by atoms with E-state index in [9.17, 15) is 76.7 Å². The van der Waals surface area contributed by atoms with E-state index in [0.717, 1.165) is 97.4 Å². The third kappa shape index (κ3) is 30.4. The van der Waals surface area contributed by atoms with E-state index in [1.54, 1.807) is 6.20 Å². The SMILES string of the molecule is CC(=O)N[C@@H](Cc1ccccc1)C(=O)N[C@H]1CCCNC(=O)[C@H](CCCNC(N)=O)NC(=O)[C@H](Cc2c[nH]c3ccccc23)NC(=O)[C@@H](CC2CCCCC2)NC(=O)[C@@H]2CCCN2C1=O.CC(=O)N[C@@H](Cc1ccccc1)C(=O)N[C@H]1CCCNC(=O)[C@H](CCCNC(N)=O)NC(=O)[C@H](Cc2ccccc2)NC(=O)[C@@H](CC2CCCCC2)NC(=O)[C@@H]2CCCN2C1=O. The van der Waals surface area contributed by atoms with Gasteiger partial charge < -0.3 is 101 Å². The van der Waals surface area contributed by atoms with Crippen LogP contribution in [0.2, 0.25) is 0 Å². The number of benzene rings is 4. The standard InChI is InChI=1S/C47H64N10O8.C45H63N9O8/c1-29(58)52-37(25-30-13-4-2-5-14-30)42(60)54-36-20-11-22-49-41(59)35(19-10-23-50-47(48)65)53-44(62)39(27-32-28-51-34-18-9-8-17-33(32)34)55-43(61)38(26-31-15-6-3-7-16-31)56-45(63)40-21-12-24-57(40)46(36)64;1-29(55)49-35(26-30-14-5-2-6-15-30)40(57)51-34-21-12-23-47-39(56)33(20-11-24-48-45(46)62)50-41(58)36(27-31-16-7-3-8-17-31)52-42(59)37(28-32-18-9-4-10-19-32)53-43(60)38-22-13-25-54(38)44(34)61/h2,4-5,8-9,13-14,17-18,28,31,35-40,51H,3,6-7,10-12,15-16,19-27H2,1H3,(H,49,59)(H,52,58)(H,53,62)(H,54,60)(H,55,61)(H,56,63)(H3,48,50,65);2-3,5-8,14-17,32-38H,4,9-13,18-28H2,1H3,(H,47,56)(H,49,55)(H,50,58)(H,51,57)(H,52,59)(H,53,60)(H3,46,48,62)/t35-,36-,37-,38+,39-,40-;33-,34-,35-,36-,37+,38-/m00/s1. The number of aromatic nitrogens is 1. The molecule has 686 valence electrons. The van der Waals surface area contributed by atoms with Gasteiger partial charge in [0.25, 0.3) is 0 Å². The lowest BCUT2D eigenvalue weighted by Gasteiger charge is -2.32. The third-order valence-corrected chi connectivity index (χ3v) is 24.5. The maximum absolute atomic E-state index is 14.6. The Balaban J connectivity index is 0.000000265. The van der Waals surface area contributed by atoms with Crippen molar-refractivity contribution in [3.05, 3.63) is 144 Å². The zero-order valence-electron chi connectivity index (χ0n) is 72.8. The van der Waals surface area contributed by atoms with Crippen LogP contribution in [0.5, 0.6) is 0 Å². The minimum atomic E-state index is -1.16. The van der Waals surface area contributed by atoms with Crippen molar-refractivity contribution in [3.63, 3.8) is 0 Å². The quantitative estimate of drug-likeness (QED) is 0.0354. The zero-order valence-corrected chi connectivity index (χ0v) is 72.8. The van der Waals surface area contributed by atoms with Crippen molar-refractivity contribution in [2.45, 2.75) is 266 Å². The summed E-state index contributed by atoms with van der Waals surface area (Å²) >= 11 is 0. The van der Waals surface area contributed by atoms with Crippen molar-refractivity contribution < 1.29 is 76.7 Å². The van der Waals surface area contributed by atoms with Gasteiger partial charge in [-0.2, -0.15) is 0 Å². The number of nitrogens with zero attached hydrogens (tertiary/aromatic N) is 2. The lowest BCUT2D eigenvalue weighted by Crippen LogP contribution is -2.60. The highest BCUT2D eigenvalue weighted by atomic mass is 16.2. The minimum Gasteiger partial charge on any atom is -0.361 e. The Morgan fingerprint density at radius 2 is 0.780 bits per heavy atom. The van der Waals surface area contributed by atoms with E-state index >= 15 is 0 Å². The maximum Gasteiger partial charge on any atom is 0.312 e. The summed E-state index contributed by atoms with van der Waals surface area (Å²) in [7, 11) is 0. The molecule has 5 aromatic rings. The molecule has 0 bridgehead atoms. The number of urea groups is 2. The molecular formula is C92H127N19O16. The lowest BCUT2D eigenvalue weighted by atomic mass is 9.84. The Kier molecular flexibility index (Phi) is 37.7. The first-order valence-corrected chi connectivity index (χ1v) is 45.1. The van der Waals surface area contributed by atoms with Crippen molar-refractivity contribution >= 4 is 106 Å². The van der Waals surface area contributed by atoms with Gasteiger partial charge in [-0.15, -0.1) is 0 Å². The van der Waals surface area contributed by atoms with Gasteiger partial charge >= 0.3 is 12.1 Å². The van der Waals surface area contributed by atoms with Crippen LogP contribution in [0.25, 0.3) is 10.9 Å². The first-order valence-electron chi connectivity index (χ1n) is 45.1. The zero-order chi connectivity index (χ0) is 90.7. The van der Waals surface area contributed by atoms with E-state index in [2.05, 4.69) is 79.4 Å². The van der Waals surface area contributed by atoms with Crippen LogP contribution in [-0.2, 0) is 92.8 Å². The number of nitrogens with one attached hydrogen (secondary N) is 15. The van der Waals surface area contributed by atoms with Gasteiger partial charge in [-0.05, 0) is 130 Å². The second-order valence-corrected chi connectivity index (χ2v) is 34.2. The summed E-state index contributed by atoms with van der Waals surface area (Å²) in [5.41, 5.74) is 14.5. The number of nitrogens with two attached hydrogens (primary N) is 2. The van der Waals surface area contributed by atoms with Crippen molar-refractivity contribution in [3.8, 4) is 0 Å². The second-order valence-electron chi connectivity index (χ2n) is 34.2. The molecule has 0 spiro atoms. The van der Waals surface area contributed by atoms with Crippen LogP contribution in [0.4, 0.5) is 9.59 Å². The highest BCUT2D eigenvalue weighted by molar-refractivity contribution is 6.00. The van der Waals surface area contributed by atoms with Gasteiger partial charge in [0.1, 0.15) is 72.5 Å². The number of carbonyl (C=O) groups is 16. The fourth-order valence-corrected chi connectivity index (χ4v) is 17.9. The first kappa shape index (κ1) is 96.7. The van der Waals surface area contributed by atoms with Crippen LogP contribution in [-0.4, -0.2) is 221 Å². The lowest BCUT2D eigenvalue weighted by molar-refractivity contribution is -0.143. The third-order valence-electron chi connectivity index (χ3n) is 24.5. The van der Waals surface area contributed by atoms with Gasteiger partial charge in [-0.3, -0.25) is 67.1 Å². The number of primary amides is 2. The van der Waals surface area contributed by atoms with E-state index in [1.807, 2.05) is 115 Å². The van der Waals surface area contributed by atoms with Gasteiger partial charge in [0.05, 0.1) is 0 Å². The predicted octanol–water partition coefficient (Wildman–Crippen LogP) is 2.95. The van der Waals surface area contributed by atoms with Gasteiger partial charge in [-0.1, -0.05) is 173 Å². The topological polar surface area (TPSA) is 516 Å². The van der Waals surface area contributed by atoms with Crippen molar-refractivity contribution in [1.82, 2.24) is 89.2 Å². The first-order chi connectivity index (χ1) is 61.2. The number of aromatic amines is 1. The number of H-pyrrole nitrogens is 1. The fraction of sp³-hybridized carbons (Fsp3) is 0.543. The molecule has 4 aromatic carbocycles. The van der Waals surface area contributed by atoms with Crippen LogP contribution in [0, 0.1) is 11.8 Å². The largest absolute Gasteiger partial charge is 0.361 e. The Morgan fingerprint density at radius 1 is 0.402 bits per heavy atom. The number of hydrogen-bond acceptors (Lipinski definition) is 16. The molecule has 12 atom stereocenters. The number of hydrogen-bond donors (Lipinski definition) is 17. The van der Waals surface area contributed by atoms with Crippen LogP contribution < -0.4 is 85.9 Å². The fourth-order valence-electron chi connectivity index (χ4n) is 17.9. The molecule has 4 saturated heterocycles. The van der Waals surface area contributed by atoms with Gasteiger partial charge in [-0.25, -0.2) is 9.59 Å². The molecule has 127 heavy (non-hydrogen) atoms. The van der Waals surface area contributed by atoms with E-state index in [0.29, 0.717) is 38.5 Å². The Morgan fingerprint density at radius 3 is 1.20 bits per heavy atom. The molecule has 0 radical (unpaired) electrons. The molecule has 6 aliphatic rings. The number of rotatable bonds is 26. The average Bonchev–Trinajstić information content (AvgIpc) is 1.73. The summed E-state index contributed by atoms with van der Waals surface area (Å²) in [5.74, 6) is -7.15. The maximum atomic E-state index is 14.6. The molecule has 19 N–H and O–H groups in total. The Labute approximate surface area is 740 Å². The van der Waals surface area contributed by atoms with Crippen LogP contribution in [0.15, 0.2) is 121 Å². The van der Waals surface area contributed by atoms with Crippen molar-refractivity contribution in [1.29, 1.82) is 0 Å². The molecule has 35 nitrogen and oxygen atoms in total. The monoisotopic (exact) mass is 1750 g/mol. The minimum absolute atomic E-state index is 0.0474. The number of fused-ring (bicyclic) bond motifs is 3. The molecule has 2 aliphatic carbocycles. The predicted molar refractivity (Wildman–Crippen MR) is 473 cm³/mol. The normalized spacial score (nSPS) is 23.6. The van der Waals surface area contributed by atoms with E-state index in [1.165, 1.54) is 23.6 Å². The summed E-state index contributed by atoms with van der Waals surface area (Å²) in [6, 6.07) is 20.8. The van der Waals surface area contributed by atoms with Gasteiger partial charge in [0, 0.05) is 95.9 Å². The molecule has 18 amide bonds. The molecule has 1 aromatic heterocycles. The molecule has 35 heteroatoms. The number of amides is 18. The molecule has 4 aliphatic heterocycles. The van der Waals surface area contributed by atoms with Crippen molar-refractivity contribution in [2.75, 3.05) is 39.3 Å². The summed E-state index contributed by atoms with van der Waals surface area (Å²) in [4.78, 5) is 224. The average molecular weight is 1760 g/mol. The molecule has 5 heterocycles.